The van der Waals surface area contributed by atoms with Crippen LogP contribution in [0.3, 0.4) is 0 Å². The van der Waals surface area contributed by atoms with Crippen LogP contribution in [0.4, 0.5) is 5.82 Å². The first-order valence-electron chi connectivity index (χ1n) is 9.96. The second kappa shape index (κ2) is 7.24. The van der Waals surface area contributed by atoms with Crippen molar-refractivity contribution in [2.24, 2.45) is 5.41 Å². The monoisotopic (exact) mass is 385 g/mol. The predicted octanol–water partition coefficient (Wildman–Crippen LogP) is 3.38. The zero-order valence-corrected chi connectivity index (χ0v) is 16.1. The third-order valence-electron chi connectivity index (χ3n) is 5.83. The molecule has 1 saturated heterocycles. The molecule has 3 aromatic rings. The first-order valence-corrected chi connectivity index (χ1v) is 9.96. The van der Waals surface area contributed by atoms with Gasteiger partial charge in [0.1, 0.15) is 18.2 Å². The fourth-order valence-corrected chi connectivity index (χ4v) is 4.30. The van der Waals surface area contributed by atoms with Crippen molar-refractivity contribution in [1.29, 1.82) is 0 Å². The highest BCUT2D eigenvalue weighted by molar-refractivity contribution is 5.87. The van der Waals surface area contributed by atoms with Crippen LogP contribution in [0.1, 0.15) is 17.2 Å². The number of nitrogens with one attached hydrogen (secondary N) is 1. The Morgan fingerprint density at radius 1 is 1.03 bits per heavy atom. The molecule has 0 saturated carbocycles. The zero-order chi connectivity index (χ0) is 19.7. The molecule has 2 aromatic carbocycles. The molecule has 0 spiro atoms. The van der Waals surface area contributed by atoms with E-state index in [1.54, 1.807) is 6.20 Å². The van der Waals surface area contributed by atoms with Crippen molar-refractivity contribution in [3.8, 4) is 5.75 Å². The minimum Gasteiger partial charge on any atom is -0.491 e. The Balaban J connectivity index is 1.37. The summed E-state index contributed by atoms with van der Waals surface area (Å²) in [4.78, 5) is 20.1. The largest absolute Gasteiger partial charge is 0.491 e. The van der Waals surface area contributed by atoms with E-state index in [4.69, 9.17) is 4.74 Å². The van der Waals surface area contributed by atoms with Gasteiger partial charge in [-0.1, -0.05) is 54.6 Å². The van der Waals surface area contributed by atoms with Crippen LogP contribution < -0.4 is 15.0 Å². The van der Waals surface area contributed by atoms with Crippen molar-refractivity contribution in [2.45, 2.75) is 12.5 Å². The summed E-state index contributed by atoms with van der Waals surface area (Å²) in [5, 5.41) is 3.26. The number of benzene rings is 2. The van der Waals surface area contributed by atoms with Gasteiger partial charge >= 0.3 is 0 Å². The van der Waals surface area contributed by atoms with E-state index in [9.17, 15) is 4.79 Å². The molecule has 1 aromatic heterocycles. The van der Waals surface area contributed by atoms with Crippen molar-refractivity contribution < 1.29 is 9.53 Å². The average molecular weight is 385 g/mol. The third kappa shape index (κ3) is 3.33. The number of rotatable bonds is 5. The molecule has 1 amide bonds. The van der Waals surface area contributed by atoms with Crippen LogP contribution in [0.25, 0.3) is 0 Å². The average Bonchev–Trinajstić information content (AvgIpc) is 3.14. The van der Waals surface area contributed by atoms with Crippen LogP contribution in [0, 0.1) is 5.41 Å². The minimum atomic E-state index is -0.476. The molecule has 3 heterocycles. The van der Waals surface area contributed by atoms with Crippen LogP contribution in [-0.2, 0) is 11.2 Å². The zero-order valence-electron chi connectivity index (χ0n) is 16.1. The molecule has 0 aliphatic carbocycles. The van der Waals surface area contributed by atoms with Gasteiger partial charge in [0.05, 0.1) is 11.5 Å². The summed E-state index contributed by atoms with van der Waals surface area (Å²) in [6, 6.07) is 23.9. The van der Waals surface area contributed by atoms with Gasteiger partial charge in [0.15, 0.2) is 0 Å². The number of carbonyl (C=O) groups excluding carboxylic acids is 1. The number of amides is 1. The summed E-state index contributed by atoms with van der Waals surface area (Å²) in [6.45, 7) is 1.79. The van der Waals surface area contributed by atoms with Gasteiger partial charge in [0.2, 0.25) is 5.91 Å². The van der Waals surface area contributed by atoms with Gasteiger partial charge in [-0.2, -0.15) is 0 Å². The number of anilines is 1. The highest BCUT2D eigenvalue weighted by Crippen LogP contribution is 2.39. The van der Waals surface area contributed by atoms with Gasteiger partial charge in [-0.05, 0) is 30.2 Å². The van der Waals surface area contributed by atoms with E-state index >= 15 is 0 Å². The quantitative estimate of drug-likeness (QED) is 0.732. The van der Waals surface area contributed by atoms with E-state index in [0.29, 0.717) is 26.1 Å². The number of carbonyl (C=O) groups is 1. The molecule has 2 aliphatic heterocycles. The van der Waals surface area contributed by atoms with Gasteiger partial charge in [-0.25, -0.2) is 4.98 Å². The number of hydrogen-bond donors (Lipinski definition) is 1. The van der Waals surface area contributed by atoms with Gasteiger partial charge in [0, 0.05) is 24.8 Å². The van der Waals surface area contributed by atoms with Crippen molar-refractivity contribution in [2.75, 3.05) is 24.6 Å². The summed E-state index contributed by atoms with van der Waals surface area (Å²) < 4.78 is 5.75. The van der Waals surface area contributed by atoms with E-state index in [2.05, 4.69) is 27.3 Å². The second-order valence-electron chi connectivity index (χ2n) is 7.86. The number of nitrogens with zero attached hydrogens (tertiary/aromatic N) is 2. The molecule has 1 N–H and O–H groups in total. The van der Waals surface area contributed by atoms with E-state index in [-0.39, 0.29) is 11.9 Å². The molecule has 146 valence electrons. The Morgan fingerprint density at radius 2 is 1.79 bits per heavy atom. The van der Waals surface area contributed by atoms with Crippen LogP contribution in [0.15, 0.2) is 79.0 Å². The van der Waals surface area contributed by atoms with Crippen molar-refractivity contribution in [3.05, 3.63) is 90.1 Å². The summed E-state index contributed by atoms with van der Waals surface area (Å²) in [7, 11) is 0. The SMILES string of the molecule is O=C(NC1COc2ccccc21)C1(Cc2ccccc2)CN(c2ccccn2)C1. The lowest BCUT2D eigenvalue weighted by Gasteiger charge is -2.50. The Kier molecular flexibility index (Phi) is 4.43. The Bertz CT molecular complexity index is 1000. The van der Waals surface area contributed by atoms with Crippen LogP contribution >= 0.6 is 0 Å². The number of pyridine rings is 1. The Labute approximate surface area is 170 Å². The highest BCUT2D eigenvalue weighted by atomic mass is 16.5. The molecular weight excluding hydrogens is 362 g/mol. The maximum atomic E-state index is 13.5. The standard InChI is InChI=1S/C24H23N3O2/c28-23(26-20-15-29-21-11-5-4-10-19(20)21)24(14-18-8-2-1-3-9-18)16-27(17-24)22-12-6-7-13-25-22/h1-13,20H,14-17H2,(H,26,28). The maximum Gasteiger partial charge on any atom is 0.230 e. The molecule has 5 rings (SSSR count). The maximum absolute atomic E-state index is 13.5. The normalized spacial score (nSPS) is 19.0. The van der Waals surface area contributed by atoms with Crippen molar-refractivity contribution >= 4 is 11.7 Å². The molecule has 1 atom stereocenters. The molecule has 0 radical (unpaired) electrons. The molecular formula is C24H23N3O2. The van der Waals surface area contributed by atoms with Crippen molar-refractivity contribution in [3.63, 3.8) is 0 Å². The van der Waals surface area contributed by atoms with Gasteiger partial charge < -0.3 is 15.0 Å². The molecule has 0 bridgehead atoms. The van der Waals surface area contributed by atoms with E-state index in [0.717, 1.165) is 17.1 Å². The van der Waals surface area contributed by atoms with E-state index < -0.39 is 5.41 Å². The molecule has 1 fully saturated rings. The van der Waals surface area contributed by atoms with E-state index in [1.165, 1.54) is 5.56 Å². The van der Waals surface area contributed by atoms with Gasteiger partial charge in [0.25, 0.3) is 0 Å². The minimum absolute atomic E-state index is 0.0823. The number of ether oxygens (including phenoxy) is 1. The van der Waals surface area contributed by atoms with Crippen LogP contribution in [0.5, 0.6) is 5.75 Å². The number of para-hydroxylation sites is 1. The highest BCUT2D eigenvalue weighted by Gasteiger charge is 2.50. The third-order valence-corrected chi connectivity index (χ3v) is 5.83. The number of fused-ring (bicyclic) bond motifs is 1. The topological polar surface area (TPSA) is 54.5 Å². The van der Waals surface area contributed by atoms with E-state index in [1.807, 2.05) is 60.7 Å². The molecule has 1 unspecified atom stereocenters. The van der Waals surface area contributed by atoms with Gasteiger partial charge in [-0.3, -0.25) is 4.79 Å². The van der Waals surface area contributed by atoms with Gasteiger partial charge in [-0.15, -0.1) is 0 Å². The summed E-state index contributed by atoms with van der Waals surface area (Å²) in [5.74, 6) is 1.86. The molecule has 2 aliphatic rings. The molecule has 5 heteroatoms. The second-order valence-corrected chi connectivity index (χ2v) is 7.86. The first-order chi connectivity index (χ1) is 14.2. The Hall–Kier alpha value is -3.34. The fraction of sp³-hybridized carbons (Fsp3) is 0.250. The summed E-state index contributed by atoms with van der Waals surface area (Å²) in [6.07, 6.45) is 2.50. The van der Waals surface area contributed by atoms with Crippen molar-refractivity contribution in [1.82, 2.24) is 10.3 Å². The van der Waals surface area contributed by atoms with Crippen LogP contribution in [-0.4, -0.2) is 30.6 Å². The number of aromatic nitrogens is 1. The lowest BCUT2D eigenvalue weighted by Crippen LogP contribution is -2.65. The lowest BCUT2D eigenvalue weighted by molar-refractivity contribution is -0.133. The summed E-state index contributed by atoms with van der Waals surface area (Å²) in [5.41, 5.74) is 1.75. The molecule has 5 nitrogen and oxygen atoms in total. The van der Waals surface area contributed by atoms with Crippen LogP contribution in [0.2, 0.25) is 0 Å². The first kappa shape index (κ1) is 17.7. The smallest absolute Gasteiger partial charge is 0.230 e. The number of hydrogen-bond acceptors (Lipinski definition) is 4. The predicted molar refractivity (Wildman–Crippen MR) is 112 cm³/mol. The molecule has 29 heavy (non-hydrogen) atoms. The summed E-state index contributed by atoms with van der Waals surface area (Å²) >= 11 is 0. The Morgan fingerprint density at radius 3 is 2.59 bits per heavy atom. The lowest BCUT2D eigenvalue weighted by atomic mass is 9.73. The fourth-order valence-electron chi connectivity index (χ4n) is 4.30.